The topological polar surface area (TPSA) is 71.8 Å². The first-order valence-electron chi connectivity index (χ1n) is 9.16. The molecule has 0 fully saturated rings. The van der Waals surface area contributed by atoms with Crippen molar-refractivity contribution in [3.63, 3.8) is 0 Å². The zero-order valence-electron chi connectivity index (χ0n) is 14.7. The first-order chi connectivity index (χ1) is 12.2. The quantitative estimate of drug-likeness (QED) is 0.903. The lowest BCUT2D eigenvalue weighted by Crippen LogP contribution is -2.46. The van der Waals surface area contributed by atoms with Gasteiger partial charge in [0, 0.05) is 18.5 Å². The van der Waals surface area contributed by atoms with Crippen LogP contribution in [0.15, 0.2) is 30.6 Å². The fourth-order valence-electron chi connectivity index (χ4n) is 4.23. The van der Waals surface area contributed by atoms with Crippen LogP contribution in [0.2, 0.25) is 0 Å². The molecule has 2 atom stereocenters. The van der Waals surface area contributed by atoms with E-state index >= 15 is 0 Å². The monoisotopic (exact) mass is 339 g/mol. The zero-order chi connectivity index (χ0) is 17.3. The molecule has 6 heteroatoms. The van der Waals surface area contributed by atoms with E-state index in [1.165, 1.54) is 17.5 Å². The molecule has 0 saturated carbocycles. The smallest absolute Gasteiger partial charge is 0.315 e. The maximum Gasteiger partial charge on any atom is 0.315 e. The normalized spacial score (nSPS) is 24.9. The lowest BCUT2D eigenvalue weighted by molar-refractivity contribution is 0.228. The van der Waals surface area contributed by atoms with Gasteiger partial charge in [-0.1, -0.05) is 31.2 Å². The SMILES string of the molecule is CC1(CNC(=O)NC2CCCn3ncnc32)CCCc2ccccc21. The number of rotatable bonds is 3. The van der Waals surface area contributed by atoms with E-state index in [-0.39, 0.29) is 17.5 Å². The van der Waals surface area contributed by atoms with Crippen molar-refractivity contribution in [1.29, 1.82) is 0 Å². The molecule has 4 rings (SSSR count). The van der Waals surface area contributed by atoms with Gasteiger partial charge in [-0.25, -0.2) is 14.5 Å². The van der Waals surface area contributed by atoms with Gasteiger partial charge in [0.25, 0.3) is 0 Å². The van der Waals surface area contributed by atoms with Crippen molar-refractivity contribution in [2.75, 3.05) is 6.54 Å². The number of aromatic nitrogens is 3. The molecule has 2 amide bonds. The molecule has 1 aromatic heterocycles. The molecule has 0 radical (unpaired) electrons. The molecule has 25 heavy (non-hydrogen) atoms. The van der Waals surface area contributed by atoms with Crippen molar-refractivity contribution in [2.24, 2.45) is 0 Å². The molecule has 6 nitrogen and oxygen atoms in total. The van der Waals surface area contributed by atoms with Crippen LogP contribution in [-0.4, -0.2) is 27.3 Å². The van der Waals surface area contributed by atoms with Crippen LogP contribution in [0.1, 0.15) is 55.6 Å². The van der Waals surface area contributed by atoms with E-state index in [9.17, 15) is 4.79 Å². The number of hydrogen-bond donors (Lipinski definition) is 2. The average molecular weight is 339 g/mol. The first kappa shape index (κ1) is 16.1. The lowest BCUT2D eigenvalue weighted by Gasteiger charge is -2.36. The third-order valence-corrected chi connectivity index (χ3v) is 5.61. The minimum absolute atomic E-state index is 0.00122. The molecule has 1 aliphatic carbocycles. The summed E-state index contributed by atoms with van der Waals surface area (Å²) in [6.07, 6.45) is 6.88. The molecule has 1 aromatic carbocycles. The number of urea groups is 1. The Morgan fingerprint density at radius 3 is 3.16 bits per heavy atom. The maximum absolute atomic E-state index is 12.5. The summed E-state index contributed by atoms with van der Waals surface area (Å²) >= 11 is 0. The van der Waals surface area contributed by atoms with E-state index in [2.05, 4.69) is 51.9 Å². The van der Waals surface area contributed by atoms with Gasteiger partial charge in [-0.3, -0.25) is 0 Å². The summed E-state index contributed by atoms with van der Waals surface area (Å²) in [5.74, 6) is 0.857. The highest BCUT2D eigenvalue weighted by molar-refractivity contribution is 5.74. The van der Waals surface area contributed by atoms with Gasteiger partial charge < -0.3 is 10.6 Å². The summed E-state index contributed by atoms with van der Waals surface area (Å²) < 4.78 is 1.88. The second-order valence-corrected chi connectivity index (χ2v) is 7.43. The Kier molecular flexibility index (Phi) is 4.19. The molecule has 0 spiro atoms. The molecular weight excluding hydrogens is 314 g/mol. The Morgan fingerprint density at radius 2 is 2.24 bits per heavy atom. The molecule has 0 saturated heterocycles. The summed E-state index contributed by atoms with van der Waals surface area (Å²) in [6.45, 7) is 3.78. The number of carbonyl (C=O) groups is 1. The van der Waals surface area contributed by atoms with Gasteiger partial charge in [0.2, 0.25) is 0 Å². The van der Waals surface area contributed by atoms with Crippen LogP contribution < -0.4 is 10.6 Å². The summed E-state index contributed by atoms with van der Waals surface area (Å²) in [6, 6.07) is 8.44. The number of nitrogens with zero attached hydrogens (tertiary/aromatic N) is 3. The highest BCUT2D eigenvalue weighted by atomic mass is 16.2. The van der Waals surface area contributed by atoms with E-state index in [1.54, 1.807) is 6.33 Å². The Balaban J connectivity index is 1.40. The number of carbonyl (C=O) groups excluding carboxylic acids is 1. The Morgan fingerprint density at radius 1 is 1.36 bits per heavy atom. The van der Waals surface area contributed by atoms with E-state index in [0.29, 0.717) is 6.54 Å². The number of nitrogens with one attached hydrogen (secondary N) is 2. The van der Waals surface area contributed by atoms with Gasteiger partial charge in [0.1, 0.15) is 12.2 Å². The van der Waals surface area contributed by atoms with Crippen LogP contribution in [0.25, 0.3) is 0 Å². The Labute approximate surface area is 148 Å². The largest absolute Gasteiger partial charge is 0.337 e. The molecule has 132 valence electrons. The highest BCUT2D eigenvalue weighted by Gasteiger charge is 2.32. The van der Waals surface area contributed by atoms with E-state index < -0.39 is 0 Å². The first-order valence-corrected chi connectivity index (χ1v) is 9.16. The molecule has 2 unspecified atom stereocenters. The zero-order valence-corrected chi connectivity index (χ0v) is 14.7. The predicted molar refractivity (Wildman–Crippen MR) is 95.3 cm³/mol. The minimum Gasteiger partial charge on any atom is -0.337 e. The molecular formula is C19H25N5O. The fourth-order valence-corrected chi connectivity index (χ4v) is 4.23. The van der Waals surface area contributed by atoms with Crippen molar-refractivity contribution < 1.29 is 4.79 Å². The molecule has 1 aliphatic heterocycles. The summed E-state index contributed by atoms with van der Waals surface area (Å²) in [4.78, 5) is 16.8. The van der Waals surface area contributed by atoms with E-state index in [0.717, 1.165) is 38.1 Å². The van der Waals surface area contributed by atoms with Crippen molar-refractivity contribution >= 4 is 6.03 Å². The molecule has 0 bridgehead atoms. The van der Waals surface area contributed by atoms with Crippen LogP contribution in [0.4, 0.5) is 4.79 Å². The van der Waals surface area contributed by atoms with Crippen molar-refractivity contribution in [3.8, 4) is 0 Å². The van der Waals surface area contributed by atoms with Gasteiger partial charge in [-0.15, -0.1) is 0 Å². The van der Waals surface area contributed by atoms with Crippen molar-refractivity contribution in [1.82, 2.24) is 25.4 Å². The molecule has 2 aliphatic rings. The number of benzene rings is 1. The van der Waals surface area contributed by atoms with Crippen LogP contribution in [0.3, 0.4) is 0 Å². The summed E-state index contributed by atoms with van der Waals surface area (Å²) in [5.41, 5.74) is 2.79. The Bertz CT molecular complexity index is 771. The molecule has 2 heterocycles. The second kappa shape index (κ2) is 6.50. The molecule has 2 aromatic rings. The average Bonchev–Trinajstić information content (AvgIpc) is 3.11. The maximum atomic E-state index is 12.5. The number of hydrogen-bond acceptors (Lipinski definition) is 3. The van der Waals surface area contributed by atoms with E-state index in [4.69, 9.17) is 0 Å². The number of fused-ring (bicyclic) bond motifs is 2. The van der Waals surface area contributed by atoms with Crippen LogP contribution in [0.5, 0.6) is 0 Å². The van der Waals surface area contributed by atoms with Gasteiger partial charge in [-0.2, -0.15) is 5.10 Å². The minimum atomic E-state index is -0.120. The number of aryl methyl sites for hydroxylation is 2. The standard InChI is InChI=1S/C19H25N5O/c1-19(10-4-7-14-6-2-3-8-15(14)19)12-20-18(25)23-16-9-5-11-24-17(16)21-13-22-24/h2-3,6,8,13,16H,4-5,7,9-12H2,1H3,(H2,20,23,25). The second-order valence-electron chi connectivity index (χ2n) is 7.43. The Hall–Kier alpha value is -2.37. The van der Waals surface area contributed by atoms with Crippen molar-refractivity contribution in [2.45, 2.75) is 57.0 Å². The van der Waals surface area contributed by atoms with Crippen LogP contribution in [-0.2, 0) is 18.4 Å². The summed E-state index contributed by atoms with van der Waals surface area (Å²) in [5, 5.41) is 10.4. The number of amides is 2. The van der Waals surface area contributed by atoms with Gasteiger partial charge in [-0.05, 0) is 43.2 Å². The van der Waals surface area contributed by atoms with E-state index in [1.807, 2.05) is 4.68 Å². The highest BCUT2D eigenvalue weighted by Crippen LogP contribution is 2.36. The van der Waals surface area contributed by atoms with Gasteiger partial charge in [0.05, 0.1) is 6.04 Å². The third kappa shape index (κ3) is 3.13. The third-order valence-electron chi connectivity index (χ3n) is 5.61. The lowest BCUT2D eigenvalue weighted by atomic mass is 9.71. The van der Waals surface area contributed by atoms with Gasteiger partial charge in [0.15, 0.2) is 0 Å². The molecule has 2 N–H and O–H groups in total. The predicted octanol–water partition coefficient (Wildman–Crippen LogP) is 2.71. The van der Waals surface area contributed by atoms with Crippen molar-refractivity contribution in [3.05, 3.63) is 47.5 Å². The van der Waals surface area contributed by atoms with Crippen LogP contribution >= 0.6 is 0 Å². The fraction of sp³-hybridized carbons (Fsp3) is 0.526. The van der Waals surface area contributed by atoms with Gasteiger partial charge >= 0.3 is 6.03 Å². The van der Waals surface area contributed by atoms with Crippen LogP contribution in [0, 0.1) is 0 Å². The summed E-state index contributed by atoms with van der Waals surface area (Å²) in [7, 11) is 0.